The Balaban J connectivity index is 1.53. The normalized spacial score (nSPS) is 13.9. The average Bonchev–Trinajstić information content (AvgIpc) is 2.93. The van der Waals surface area contributed by atoms with Gasteiger partial charge in [-0.05, 0) is 46.7 Å². The van der Waals surface area contributed by atoms with Crippen molar-refractivity contribution in [3.05, 3.63) is 144 Å². The van der Waals surface area contributed by atoms with E-state index in [0.29, 0.717) is 26.2 Å². The molecule has 0 unspecified atom stereocenters. The molecule has 4 aromatic carbocycles. The Hall–Kier alpha value is -3.74. The summed E-state index contributed by atoms with van der Waals surface area (Å²) in [5.41, 5.74) is 4.71. The number of hydrogen-bond donors (Lipinski definition) is 0. The summed E-state index contributed by atoms with van der Waals surface area (Å²) in [6.07, 6.45) is 0. The van der Waals surface area contributed by atoms with Crippen molar-refractivity contribution in [1.29, 1.82) is 0 Å². The quantitative estimate of drug-likeness (QED) is 0.253. The monoisotopic (exact) mass is 508 g/mol. The smallest absolute Gasteiger partial charge is 0.210 e. The first kappa shape index (κ1) is 24.0. The molecule has 36 heavy (non-hydrogen) atoms. The van der Waals surface area contributed by atoms with E-state index in [1.54, 1.807) is 0 Å². The SMILES string of the molecule is S=C1N(Cc2ccccc2)N(Cc2ccccc2)C(=S)N(Cc2ccccc2)N1Cc1ccccc1. The predicted octanol–water partition coefficient (Wildman–Crippen LogP) is 6.41. The van der Waals surface area contributed by atoms with Gasteiger partial charge >= 0.3 is 0 Å². The van der Waals surface area contributed by atoms with Crippen LogP contribution < -0.4 is 0 Å². The van der Waals surface area contributed by atoms with E-state index in [2.05, 4.69) is 117 Å². The Bertz CT molecular complexity index is 1080. The molecule has 0 spiro atoms. The zero-order valence-electron chi connectivity index (χ0n) is 20.0. The molecule has 180 valence electrons. The second-order valence-electron chi connectivity index (χ2n) is 8.74. The minimum atomic E-state index is 0.636. The van der Waals surface area contributed by atoms with Gasteiger partial charge in [0.05, 0.1) is 26.2 Å². The van der Waals surface area contributed by atoms with Crippen LogP contribution in [0.15, 0.2) is 121 Å². The van der Waals surface area contributed by atoms with E-state index in [9.17, 15) is 0 Å². The fourth-order valence-corrected chi connectivity index (χ4v) is 4.97. The van der Waals surface area contributed by atoms with Crippen LogP contribution in [0.5, 0.6) is 0 Å². The molecular weight excluding hydrogens is 480 g/mol. The number of rotatable bonds is 8. The Labute approximate surface area is 223 Å². The van der Waals surface area contributed by atoms with Gasteiger partial charge in [-0.25, -0.2) is 0 Å². The summed E-state index contributed by atoms with van der Waals surface area (Å²) in [6.45, 7) is 2.54. The van der Waals surface area contributed by atoms with Crippen LogP contribution in [0, 0.1) is 0 Å². The average molecular weight is 509 g/mol. The van der Waals surface area contributed by atoms with Crippen LogP contribution in [0.1, 0.15) is 22.3 Å². The van der Waals surface area contributed by atoms with Gasteiger partial charge in [-0.2, -0.15) is 0 Å². The highest BCUT2D eigenvalue weighted by Crippen LogP contribution is 2.27. The lowest BCUT2D eigenvalue weighted by Gasteiger charge is -2.53. The van der Waals surface area contributed by atoms with Crippen molar-refractivity contribution in [3.63, 3.8) is 0 Å². The van der Waals surface area contributed by atoms with E-state index < -0.39 is 0 Å². The molecule has 0 atom stereocenters. The Morgan fingerprint density at radius 1 is 0.333 bits per heavy atom. The molecule has 4 aromatic rings. The maximum absolute atomic E-state index is 6.20. The maximum Gasteiger partial charge on any atom is 0.210 e. The van der Waals surface area contributed by atoms with Crippen LogP contribution in [0.2, 0.25) is 0 Å². The molecule has 0 radical (unpaired) electrons. The summed E-state index contributed by atoms with van der Waals surface area (Å²) in [7, 11) is 0. The van der Waals surface area contributed by atoms with Crippen LogP contribution in [0.4, 0.5) is 0 Å². The van der Waals surface area contributed by atoms with Crippen LogP contribution in [-0.2, 0) is 26.2 Å². The lowest BCUT2D eigenvalue weighted by Crippen LogP contribution is -2.67. The van der Waals surface area contributed by atoms with E-state index in [1.165, 1.54) is 22.3 Å². The molecule has 0 aromatic heterocycles. The molecule has 1 heterocycles. The molecule has 0 amide bonds. The van der Waals surface area contributed by atoms with Crippen molar-refractivity contribution in [2.75, 3.05) is 0 Å². The molecule has 0 saturated carbocycles. The molecule has 4 nitrogen and oxygen atoms in total. The minimum absolute atomic E-state index is 0.636. The third kappa shape index (κ3) is 5.56. The van der Waals surface area contributed by atoms with Crippen LogP contribution in [-0.4, -0.2) is 30.3 Å². The molecule has 0 bridgehead atoms. The first-order valence-electron chi connectivity index (χ1n) is 12.0. The van der Waals surface area contributed by atoms with Crippen LogP contribution >= 0.6 is 24.4 Å². The largest absolute Gasteiger partial charge is 0.252 e. The second-order valence-corrected chi connectivity index (χ2v) is 9.47. The maximum atomic E-state index is 6.20. The summed E-state index contributed by atoms with van der Waals surface area (Å²) in [4.78, 5) is 0. The van der Waals surface area contributed by atoms with E-state index in [0.717, 1.165) is 10.2 Å². The highest BCUT2D eigenvalue weighted by atomic mass is 32.1. The zero-order valence-corrected chi connectivity index (χ0v) is 21.6. The van der Waals surface area contributed by atoms with Crippen molar-refractivity contribution in [2.45, 2.75) is 26.2 Å². The van der Waals surface area contributed by atoms with Crippen molar-refractivity contribution < 1.29 is 0 Å². The van der Waals surface area contributed by atoms with Crippen molar-refractivity contribution in [1.82, 2.24) is 20.0 Å². The lowest BCUT2D eigenvalue weighted by atomic mass is 10.2. The number of hydrogen-bond acceptors (Lipinski definition) is 2. The van der Waals surface area contributed by atoms with Crippen LogP contribution in [0.25, 0.3) is 0 Å². The number of nitrogens with zero attached hydrogens (tertiary/aromatic N) is 4. The highest BCUT2D eigenvalue weighted by molar-refractivity contribution is 7.80. The van der Waals surface area contributed by atoms with Crippen molar-refractivity contribution in [2.24, 2.45) is 0 Å². The Morgan fingerprint density at radius 2 is 0.528 bits per heavy atom. The molecule has 1 aliphatic rings. The van der Waals surface area contributed by atoms with E-state index in [4.69, 9.17) is 24.4 Å². The van der Waals surface area contributed by atoms with Gasteiger partial charge in [-0.1, -0.05) is 121 Å². The predicted molar refractivity (Wildman–Crippen MR) is 153 cm³/mol. The van der Waals surface area contributed by atoms with Gasteiger partial charge in [0, 0.05) is 0 Å². The molecule has 5 rings (SSSR count). The summed E-state index contributed by atoms with van der Waals surface area (Å²) < 4.78 is 0. The first-order valence-corrected chi connectivity index (χ1v) is 12.8. The van der Waals surface area contributed by atoms with E-state index >= 15 is 0 Å². The zero-order chi connectivity index (χ0) is 24.7. The lowest BCUT2D eigenvalue weighted by molar-refractivity contribution is -0.0200. The fourth-order valence-electron chi connectivity index (χ4n) is 4.32. The Morgan fingerprint density at radius 3 is 0.722 bits per heavy atom. The van der Waals surface area contributed by atoms with E-state index in [1.807, 2.05) is 24.3 Å². The topological polar surface area (TPSA) is 13.0 Å². The van der Waals surface area contributed by atoms with Gasteiger partial charge in [0.25, 0.3) is 0 Å². The standard InChI is InChI=1S/C30H28N4S2/c35-29-31(21-25-13-5-1-6-14-25)32(22-26-15-7-2-8-16-26)30(36)34(24-28-19-11-4-12-20-28)33(29)23-27-17-9-3-10-18-27/h1-20H,21-24H2. The van der Waals surface area contributed by atoms with Crippen molar-refractivity contribution >= 4 is 34.7 Å². The first-order chi connectivity index (χ1) is 17.7. The second kappa shape index (κ2) is 11.3. The molecule has 0 aliphatic carbocycles. The number of thiocarbonyl (C=S) groups is 2. The van der Waals surface area contributed by atoms with Gasteiger partial charge in [0.1, 0.15) is 0 Å². The number of benzene rings is 4. The Kier molecular flexibility index (Phi) is 7.55. The van der Waals surface area contributed by atoms with Gasteiger partial charge in [0.2, 0.25) is 10.2 Å². The van der Waals surface area contributed by atoms with Crippen molar-refractivity contribution in [3.8, 4) is 0 Å². The molecule has 1 fully saturated rings. The third-order valence-electron chi connectivity index (χ3n) is 6.17. The highest BCUT2D eigenvalue weighted by Gasteiger charge is 2.37. The minimum Gasteiger partial charge on any atom is -0.252 e. The van der Waals surface area contributed by atoms with Gasteiger partial charge in [-0.3, -0.25) is 20.0 Å². The van der Waals surface area contributed by atoms with Crippen LogP contribution in [0.3, 0.4) is 0 Å². The van der Waals surface area contributed by atoms with Gasteiger partial charge in [0.15, 0.2) is 0 Å². The summed E-state index contributed by atoms with van der Waals surface area (Å²) in [5.74, 6) is 0. The molecule has 6 heteroatoms. The fraction of sp³-hybridized carbons (Fsp3) is 0.133. The van der Waals surface area contributed by atoms with E-state index in [-0.39, 0.29) is 0 Å². The molecular formula is C30H28N4S2. The van der Waals surface area contributed by atoms with Gasteiger partial charge < -0.3 is 0 Å². The molecule has 1 saturated heterocycles. The number of hydrazine groups is 2. The van der Waals surface area contributed by atoms with Gasteiger partial charge in [-0.15, -0.1) is 0 Å². The summed E-state index contributed by atoms with van der Waals surface area (Å²) in [5, 5.41) is 10.0. The summed E-state index contributed by atoms with van der Waals surface area (Å²) >= 11 is 12.4. The third-order valence-corrected chi connectivity index (χ3v) is 7.01. The molecule has 0 N–H and O–H groups in total. The molecule has 1 aliphatic heterocycles. The summed E-state index contributed by atoms with van der Waals surface area (Å²) in [6, 6.07) is 41.7.